The van der Waals surface area contributed by atoms with Crippen LogP contribution >= 0.6 is 11.8 Å². The first-order chi connectivity index (χ1) is 11.6. The molecular formula is C18H19NO3S2. The van der Waals surface area contributed by atoms with Crippen LogP contribution in [-0.4, -0.2) is 25.8 Å². The first-order valence-corrected chi connectivity index (χ1v) is 10.5. The lowest BCUT2D eigenvalue weighted by atomic mass is 10.0. The minimum atomic E-state index is -3.42. The molecule has 2 aromatic carbocycles. The molecule has 126 valence electrons. The molecular weight excluding hydrogens is 342 g/mol. The number of rotatable bonds is 5. The topological polar surface area (TPSA) is 63.2 Å². The average molecular weight is 361 g/mol. The van der Waals surface area contributed by atoms with Gasteiger partial charge in [0.05, 0.1) is 16.7 Å². The summed E-state index contributed by atoms with van der Waals surface area (Å²) in [7, 11) is -3.42. The number of nitrogens with one attached hydrogen (secondary N) is 1. The van der Waals surface area contributed by atoms with Crippen molar-refractivity contribution in [2.24, 2.45) is 0 Å². The molecule has 6 heteroatoms. The van der Waals surface area contributed by atoms with Crippen LogP contribution in [0.2, 0.25) is 0 Å². The predicted octanol–water partition coefficient (Wildman–Crippen LogP) is 3.20. The molecule has 1 amide bonds. The van der Waals surface area contributed by atoms with Gasteiger partial charge in [0.15, 0.2) is 9.84 Å². The van der Waals surface area contributed by atoms with Gasteiger partial charge in [-0.3, -0.25) is 4.79 Å². The maximum Gasteiger partial charge on any atom is 0.221 e. The van der Waals surface area contributed by atoms with Crippen LogP contribution < -0.4 is 5.32 Å². The molecule has 4 nitrogen and oxygen atoms in total. The standard InChI is InChI=1S/C18H19NO3S2/c20-18(11-13-24(21,22)14-6-2-1-3-7-14)19-16-10-12-23-17-9-5-4-8-15(16)17/h1-9,16H,10-13H2,(H,19,20)/t16-/m1/s1. The van der Waals surface area contributed by atoms with Crippen LogP contribution in [0.5, 0.6) is 0 Å². The molecule has 1 aliphatic rings. The van der Waals surface area contributed by atoms with Crippen molar-refractivity contribution < 1.29 is 13.2 Å². The van der Waals surface area contributed by atoms with Crippen LogP contribution in [0.1, 0.15) is 24.4 Å². The maximum atomic E-state index is 12.2. The van der Waals surface area contributed by atoms with E-state index in [1.807, 2.05) is 18.2 Å². The number of fused-ring (bicyclic) bond motifs is 1. The molecule has 2 aromatic rings. The lowest BCUT2D eigenvalue weighted by Gasteiger charge is -2.25. The van der Waals surface area contributed by atoms with Gasteiger partial charge < -0.3 is 5.32 Å². The Morgan fingerprint density at radius 1 is 1.08 bits per heavy atom. The van der Waals surface area contributed by atoms with Crippen molar-refractivity contribution >= 4 is 27.5 Å². The van der Waals surface area contributed by atoms with E-state index in [-0.39, 0.29) is 29.0 Å². The third-order valence-electron chi connectivity index (χ3n) is 3.99. The van der Waals surface area contributed by atoms with Crippen molar-refractivity contribution in [1.82, 2.24) is 5.32 Å². The molecule has 3 rings (SSSR count). The molecule has 0 unspecified atom stereocenters. The van der Waals surface area contributed by atoms with Crippen molar-refractivity contribution in [2.75, 3.05) is 11.5 Å². The first-order valence-electron chi connectivity index (χ1n) is 7.85. The molecule has 24 heavy (non-hydrogen) atoms. The summed E-state index contributed by atoms with van der Waals surface area (Å²) in [5, 5.41) is 2.98. The fourth-order valence-electron chi connectivity index (χ4n) is 2.73. The van der Waals surface area contributed by atoms with E-state index < -0.39 is 9.84 Å². The summed E-state index contributed by atoms with van der Waals surface area (Å²) in [5.41, 5.74) is 1.12. The van der Waals surface area contributed by atoms with E-state index in [9.17, 15) is 13.2 Å². The van der Waals surface area contributed by atoms with Crippen LogP contribution in [0.3, 0.4) is 0 Å². The van der Waals surface area contributed by atoms with Gasteiger partial charge in [0.1, 0.15) is 0 Å². The van der Waals surface area contributed by atoms with Crippen LogP contribution in [-0.2, 0) is 14.6 Å². The van der Waals surface area contributed by atoms with E-state index in [2.05, 4.69) is 11.4 Å². The molecule has 0 fully saturated rings. The number of carbonyl (C=O) groups excluding carboxylic acids is 1. The lowest BCUT2D eigenvalue weighted by Crippen LogP contribution is -2.31. The van der Waals surface area contributed by atoms with Crippen molar-refractivity contribution in [3.05, 3.63) is 60.2 Å². The maximum absolute atomic E-state index is 12.2. The van der Waals surface area contributed by atoms with Gasteiger partial charge in [-0.25, -0.2) is 8.42 Å². The monoisotopic (exact) mass is 361 g/mol. The fraction of sp³-hybridized carbons (Fsp3) is 0.278. The Bertz CT molecular complexity index is 819. The zero-order chi connectivity index (χ0) is 17.0. The van der Waals surface area contributed by atoms with Gasteiger partial charge in [0.25, 0.3) is 0 Å². The highest BCUT2D eigenvalue weighted by molar-refractivity contribution is 7.99. The molecule has 0 aliphatic carbocycles. The number of amides is 1. The van der Waals surface area contributed by atoms with Crippen LogP contribution in [0.15, 0.2) is 64.4 Å². The summed E-state index contributed by atoms with van der Waals surface area (Å²) >= 11 is 1.79. The number of carbonyl (C=O) groups is 1. The third kappa shape index (κ3) is 3.99. The molecule has 1 heterocycles. The fourth-order valence-corrected chi connectivity index (χ4v) is 5.12. The Morgan fingerprint density at radius 2 is 1.79 bits per heavy atom. The van der Waals surface area contributed by atoms with E-state index in [0.717, 1.165) is 17.7 Å². The largest absolute Gasteiger partial charge is 0.349 e. The molecule has 0 saturated heterocycles. The number of benzene rings is 2. The second-order valence-electron chi connectivity index (χ2n) is 5.68. The number of hydrogen-bond acceptors (Lipinski definition) is 4. The SMILES string of the molecule is O=C(CCS(=O)(=O)c1ccccc1)N[C@@H]1CCSc2ccccc21. The van der Waals surface area contributed by atoms with E-state index in [0.29, 0.717) is 0 Å². The molecule has 1 N–H and O–H groups in total. The van der Waals surface area contributed by atoms with E-state index >= 15 is 0 Å². The second-order valence-corrected chi connectivity index (χ2v) is 8.92. The highest BCUT2D eigenvalue weighted by Gasteiger charge is 2.23. The lowest BCUT2D eigenvalue weighted by molar-refractivity contribution is -0.121. The van der Waals surface area contributed by atoms with Gasteiger partial charge in [-0.05, 0) is 30.2 Å². The Kier molecular flexibility index (Phi) is 5.26. The second kappa shape index (κ2) is 7.40. The zero-order valence-corrected chi connectivity index (χ0v) is 14.8. The quantitative estimate of drug-likeness (QED) is 0.888. The van der Waals surface area contributed by atoms with Gasteiger partial charge in [0.2, 0.25) is 5.91 Å². The van der Waals surface area contributed by atoms with E-state index in [4.69, 9.17) is 0 Å². The smallest absolute Gasteiger partial charge is 0.221 e. The van der Waals surface area contributed by atoms with Crippen molar-refractivity contribution in [3.8, 4) is 0 Å². The summed E-state index contributed by atoms with van der Waals surface area (Å²) in [6, 6.07) is 16.2. The molecule has 0 aromatic heterocycles. The highest BCUT2D eigenvalue weighted by atomic mass is 32.2. The van der Waals surface area contributed by atoms with Crippen molar-refractivity contribution in [3.63, 3.8) is 0 Å². The first kappa shape index (κ1) is 17.0. The Hall–Kier alpha value is -1.79. The van der Waals surface area contributed by atoms with Gasteiger partial charge in [-0.1, -0.05) is 36.4 Å². The number of thioether (sulfide) groups is 1. The van der Waals surface area contributed by atoms with E-state index in [1.54, 1.807) is 42.1 Å². The zero-order valence-electron chi connectivity index (χ0n) is 13.1. The predicted molar refractivity (Wildman–Crippen MR) is 95.8 cm³/mol. The van der Waals surface area contributed by atoms with Gasteiger partial charge in [-0.15, -0.1) is 11.8 Å². The Labute approximate surface area is 146 Å². The molecule has 0 radical (unpaired) electrons. The summed E-state index contributed by atoms with van der Waals surface area (Å²) in [5.74, 6) is 0.553. The number of sulfone groups is 1. The normalized spacial score (nSPS) is 17.1. The molecule has 1 aliphatic heterocycles. The summed E-state index contributed by atoms with van der Waals surface area (Å²) in [4.78, 5) is 13.7. The summed E-state index contributed by atoms with van der Waals surface area (Å²) in [6.07, 6.45) is 0.835. The third-order valence-corrected chi connectivity index (χ3v) is 6.85. The summed E-state index contributed by atoms with van der Waals surface area (Å²) in [6.45, 7) is 0. The van der Waals surface area contributed by atoms with Crippen LogP contribution in [0.4, 0.5) is 0 Å². The molecule has 0 bridgehead atoms. The average Bonchev–Trinajstić information content (AvgIpc) is 2.61. The Balaban J connectivity index is 1.61. The Morgan fingerprint density at radius 3 is 2.58 bits per heavy atom. The highest BCUT2D eigenvalue weighted by Crippen LogP contribution is 2.35. The van der Waals surface area contributed by atoms with E-state index in [1.165, 1.54) is 4.90 Å². The minimum absolute atomic E-state index is 0.0248. The van der Waals surface area contributed by atoms with Crippen molar-refractivity contribution in [1.29, 1.82) is 0 Å². The van der Waals surface area contributed by atoms with Crippen LogP contribution in [0.25, 0.3) is 0 Å². The minimum Gasteiger partial charge on any atom is -0.349 e. The van der Waals surface area contributed by atoms with Crippen molar-refractivity contribution in [2.45, 2.75) is 28.7 Å². The van der Waals surface area contributed by atoms with Crippen LogP contribution in [0, 0.1) is 0 Å². The van der Waals surface area contributed by atoms with Gasteiger partial charge in [-0.2, -0.15) is 0 Å². The van der Waals surface area contributed by atoms with Gasteiger partial charge in [0, 0.05) is 17.1 Å². The molecule has 0 spiro atoms. The molecule has 0 saturated carbocycles. The molecule has 1 atom stereocenters. The van der Waals surface area contributed by atoms with Gasteiger partial charge >= 0.3 is 0 Å². The number of hydrogen-bond donors (Lipinski definition) is 1. The summed E-state index contributed by atoms with van der Waals surface area (Å²) < 4.78 is 24.5.